The van der Waals surface area contributed by atoms with Crippen molar-refractivity contribution in [2.75, 3.05) is 11.4 Å². The fraction of sp³-hybridized carbons (Fsp3) is 0.357. The van der Waals surface area contributed by atoms with Gasteiger partial charge >= 0.3 is 5.97 Å². The largest absolute Gasteiger partial charge is 0.478 e. The van der Waals surface area contributed by atoms with Crippen molar-refractivity contribution in [3.8, 4) is 0 Å². The summed E-state index contributed by atoms with van der Waals surface area (Å²) in [6, 6.07) is 5.07. The first-order valence-corrected chi connectivity index (χ1v) is 7.08. The van der Waals surface area contributed by atoms with E-state index in [-0.39, 0.29) is 28.3 Å². The molecule has 0 bridgehead atoms. The van der Waals surface area contributed by atoms with E-state index in [1.54, 1.807) is 25.1 Å². The van der Waals surface area contributed by atoms with Crippen LogP contribution in [0.5, 0.6) is 0 Å². The molecule has 1 N–H and O–H groups in total. The van der Waals surface area contributed by atoms with E-state index in [4.69, 9.17) is 0 Å². The fourth-order valence-electron chi connectivity index (χ4n) is 2.38. The molecule has 1 fully saturated rings. The van der Waals surface area contributed by atoms with Crippen molar-refractivity contribution < 1.29 is 19.5 Å². The first-order chi connectivity index (χ1) is 9.40. The molecule has 0 spiro atoms. The highest BCUT2D eigenvalue weighted by Crippen LogP contribution is 2.31. The van der Waals surface area contributed by atoms with E-state index >= 15 is 0 Å². The number of thioether (sulfide) groups is 1. The second-order valence-electron chi connectivity index (χ2n) is 4.71. The molecule has 5 nitrogen and oxygen atoms in total. The summed E-state index contributed by atoms with van der Waals surface area (Å²) in [6.07, 6.45) is 0.261. The zero-order valence-electron chi connectivity index (χ0n) is 11.3. The van der Waals surface area contributed by atoms with Crippen molar-refractivity contribution in [3.05, 3.63) is 29.3 Å². The molecule has 0 aromatic heterocycles. The first kappa shape index (κ1) is 14.6. The van der Waals surface area contributed by atoms with Crippen LogP contribution in [0.15, 0.2) is 18.2 Å². The van der Waals surface area contributed by atoms with E-state index in [1.165, 1.54) is 11.8 Å². The molecular formula is C14H15NO4S. The smallest absolute Gasteiger partial charge is 0.338 e. The number of aromatic carboxylic acids is 1. The maximum absolute atomic E-state index is 12.1. The highest BCUT2D eigenvalue weighted by Gasteiger charge is 2.34. The van der Waals surface area contributed by atoms with Crippen LogP contribution in [-0.4, -0.2) is 33.9 Å². The molecule has 2 rings (SSSR count). The Bertz CT molecular complexity index is 585. The van der Waals surface area contributed by atoms with Crippen LogP contribution in [0.3, 0.4) is 0 Å². The quantitative estimate of drug-likeness (QED) is 0.923. The summed E-state index contributed by atoms with van der Waals surface area (Å²) in [4.78, 5) is 36.0. The van der Waals surface area contributed by atoms with Gasteiger partial charge in [-0.25, -0.2) is 4.79 Å². The highest BCUT2D eigenvalue weighted by molar-refractivity contribution is 8.14. The Kier molecular flexibility index (Phi) is 4.13. The fourth-order valence-corrected chi connectivity index (χ4v) is 3.30. The average Bonchev–Trinajstić information content (AvgIpc) is 2.68. The molecule has 1 aromatic rings. The third-order valence-electron chi connectivity index (χ3n) is 3.18. The van der Waals surface area contributed by atoms with Gasteiger partial charge in [-0.1, -0.05) is 23.9 Å². The van der Waals surface area contributed by atoms with Crippen LogP contribution >= 0.6 is 11.8 Å². The second kappa shape index (κ2) is 5.66. The zero-order chi connectivity index (χ0) is 14.9. The summed E-state index contributed by atoms with van der Waals surface area (Å²) in [5, 5.41) is 9.16. The van der Waals surface area contributed by atoms with Crippen molar-refractivity contribution >= 4 is 34.4 Å². The van der Waals surface area contributed by atoms with Crippen molar-refractivity contribution in [1.82, 2.24) is 0 Å². The maximum atomic E-state index is 12.1. The predicted molar refractivity (Wildman–Crippen MR) is 77.2 cm³/mol. The Hall–Kier alpha value is -1.82. The number of aryl methyl sites for hydroxylation is 1. The molecule has 1 atom stereocenters. The van der Waals surface area contributed by atoms with E-state index in [0.29, 0.717) is 17.8 Å². The molecular weight excluding hydrogens is 278 g/mol. The Morgan fingerprint density at radius 3 is 2.70 bits per heavy atom. The van der Waals surface area contributed by atoms with Gasteiger partial charge in [0.1, 0.15) is 0 Å². The van der Waals surface area contributed by atoms with Crippen molar-refractivity contribution in [2.24, 2.45) is 0 Å². The van der Waals surface area contributed by atoms with Gasteiger partial charge in [-0.05, 0) is 18.6 Å². The average molecular weight is 293 g/mol. The number of carboxylic acid groups (broad SMARTS) is 1. The van der Waals surface area contributed by atoms with E-state index < -0.39 is 5.97 Å². The lowest BCUT2D eigenvalue weighted by molar-refractivity contribution is -0.117. The molecule has 1 aliphatic heterocycles. The minimum absolute atomic E-state index is 0.0349. The molecule has 0 radical (unpaired) electrons. The molecule has 6 heteroatoms. The molecule has 0 aliphatic carbocycles. The molecule has 1 aromatic carbocycles. The predicted octanol–water partition coefficient (Wildman–Crippen LogP) is 2.08. The Morgan fingerprint density at radius 1 is 1.40 bits per heavy atom. The Morgan fingerprint density at radius 2 is 2.10 bits per heavy atom. The molecule has 1 unspecified atom stereocenters. The van der Waals surface area contributed by atoms with Gasteiger partial charge in [0.2, 0.25) is 5.91 Å². The number of rotatable bonds is 3. The van der Waals surface area contributed by atoms with Gasteiger partial charge in [0.15, 0.2) is 5.12 Å². The number of anilines is 1. The number of carboxylic acids is 1. The molecule has 1 heterocycles. The van der Waals surface area contributed by atoms with Crippen LogP contribution in [0.2, 0.25) is 0 Å². The van der Waals surface area contributed by atoms with Crippen LogP contribution in [0.25, 0.3) is 0 Å². The molecule has 0 saturated carbocycles. The maximum Gasteiger partial charge on any atom is 0.338 e. The Balaban J connectivity index is 2.33. The summed E-state index contributed by atoms with van der Waals surface area (Å²) in [7, 11) is 0. The van der Waals surface area contributed by atoms with Gasteiger partial charge in [0.05, 0.1) is 11.3 Å². The first-order valence-electron chi connectivity index (χ1n) is 6.20. The molecule has 1 amide bonds. The zero-order valence-corrected chi connectivity index (χ0v) is 12.1. The lowest BCUT2D eigenvalue weighted by Crippen LogP contribution is -2.27. The monoisotopic (exact) mass is 293 g/mol. The lowest BCUT2D eigenvalue weighted by Gasteiger charge is -2.19. The minimum Gasteiger partial charge on any atom is -0.478 e. The third-order valence-corrected chi connectivity index (χ3v) is 4.16. The number of benzene rings is 1. The summed E-state index contributed by atoms with van der Waals surface area (Å²) in [5.41, 5.74) is 1.17. The van der Waals surface area contributed by atoms with Gasteiger partial charge in [-0.3, -0.25) is 9.59 Å². The van der Waals surface area contributed by atoms with E-state index in [1.807, 2.05) is 0 Å². The van der Waals surface area contributed by atoms with Gasteiger partial charge in [-0.15, -0.1) is 0 Å². The topological polar surface area (TPSA) is 74.7 Å². The van der Waals surface area contributed by atoms with E-state index in [9.17, 15) is 19.5 Å². The van der Waals surface area contributed by atoms with Gasteiger partial charge in [0.25, 0.3) is 0 Å². The van der Waals surface area contributed by atoms with Gasteiger partial charge < -0.3 is 10.0 Å². The number of hydrogen-bond acceptors (Lipinski definition) is 4. The minimum atomic E-state index is -1.05. The van der Waals surface area contributed by atoms with E-state index in [0.717, 1.165) is 11.8 Å². The molecule has 20 heavy (non-hydrogen) atoms. The number of carbonyl (C=O) groups is 3. The van der Waals surface area contributed by atoms with Crippen LogP contribution in [0.1, 0.15) is 29.3 Å². The molecule has 1 saturated heterocycles. The third kappa shape index (κ3) is 2.85. The number of nitrogens with zero attached hydrogens (tertiary/aromatic N) is 1. The standard InChI is InChI=1S/C14H15NO4S/c1-8-4-3-5-11(13(8)14(18)19)15-7-10(6-12(15)17)20-9(2)16/h3-5,10H,6-7H2,1-2H3,(H,18,19). The summed E-state index contributed by atoms with van der Waals surface area (Å²) >= 11 is 1.13. The highest BCUT2D eigenvalue weighted by atomic mass is 32.2. The second-order valence-corrected chi connectivity index (χ2v) is 6.19. The molecule has 106 valence electrons. The normalized spacial score (nSPS) is 18.4. The number of amides is 1. The van der Waals surface area contributed by atoms with Crippen molar-refractivity contribution in [1.29, 1.82) is 0 Å². The summed E-state index contributed by atoms with van der Waals surface area (Å²) in [5.74, 6) is -1.19. The van der Waals surface area contributed by atoms with Crippen LogP contribution < -0.4 is 4.90 Å². The Labute approximate surface area is 121 Å². The van der Waals surface area contributed by atoms with Crippen molar-refractivity contribution in [2.45, 2.75) is 25.5 Å². The number of hydrogen-bond donors (Lipinski definition) is 1. The van der Waals surface area contributed by atoms with Crippen molar-refractivity contribution in [3.63, 3.8) is 0 Å². The van der Waals surface area contributed by atoms with Gasteiger partial charge in [0, 0.05) is 25.1 Å². The molecule has 1 aliphatic rings. The SMILES string of the molecule is CC(=O)SC1CC(=O)N(c2cccc(C)c2C(=O)O)C1. The van der Waals surface area contributed by atoms with Crippen LogP contribution in [0, 0.1) is 6.92 Å². The lowest BCUT2D eigenvalue weighted by atomic mass is 10.1. The van der Waals surface area contributed by atoms with Crippen LogP contribution in [0.4, 0.5) is 5.69 Å². The number of carbonyl (C=O) groups excluding carboxylic acids is 2. The summed E-state index contributed by atoms with van der Waals surface area (Å²) in [6.45, 7) is 3.54. The summed E-state index contributed by atoms with van der Waals surface area (Å²) < 4.78 is 0. The van der Waals surface area contributed by atoms with Crippen LogP contribution in [-0.2, 0) is 9.59 Å². The van der Waals surface area contributed by atoms with E-state index in [2.05, 4.69) is 0 Å². The van der Waals surface area contributed by atoms with Gasteiger partial charge in [-0.2, -0.15) is 0 Å².